The number of phenolic OH excluding ortho intramolecular Hbond substituents is 1. The summed E-state index contributed by atoms with van der Waals surface area (Å²) in [7, 11) is 3.19. The van der Waals surface area contributed by atoms with E-state index in [9.17, 15) is 28.7 Å². The van der Waals surface area contributed by atoms with E-state index in [0.29, 0.717) is 28.1 Å². The number of anilines is 2. The quantitative estimate of drug-likeness (QED) is 0.0994. The Kier molecular flexibility index (Phi) is 9.00. The van der Waals surface area contributed by atoms with Crippen LogP contribution in [0, 0.1) is 34.9 Å². The molecule has 4 amide bonds. The summed E-state index contributed by atoms with van der Waals surface area (Å²) in [5.74, 6) is -5.00. The third kappa shape index (κ3) is 5.56. The molecule has 1 N–H and O–H groups in total. The van der Waals surface area contributed by atoms with Gasteiger partial charge in [0.05, 0.1) is 53.8 Å². The van der Waals surface area contributed by atoms with E-state index in [0.717, 1.165) is 33.1 Å². The molecule has 2 saturated heterocycles. The van der Waals surface area contributed by atoms with Crippen LogP contribution in [0.25, 0.3) is 22.9 Å². The fourth-order valence-corrected chi connectivity index (χ4v) is 10.1. The number of aromatic hydroxyl groups is 1. The van der Waals surface area contributed by atoms with E-state index in [1.165, 1.54) is 17.0 Å². The second-order valence-electron chi connectivity index (χ2n) is 15.5. The molecule has 5 aromatic carbocycles. The van der Waals surface area contributed by atoms with Gasteiger partial charge < -0.3 is 14.6 Å². The Morgan fingerprint density at radius 1 is 0.810 bits per heavy atom. The number of ether oxygens (including phenoxy) is 2. The number of carbonyl (C=O) groups excluding carboxylic acids is 4. The van der Waals surface area contributed by atoms with Crippen molar-refractivity contribution in [3.63, 3.8) is 0 Å². The summed E-state index contributed by atoms with van der Waals surface area (Å²) in [6.45, 7) is 1.74. The number of halogens is 2. The largest absolute Gasteiger partial charge is 0.508 e. The molecule has 11 heteroatoms. The molecule has 2 aliphatic heterocycles. The molecule has 0 aromatic heterocycles. The van der Waals surface area contributed by atoms with Crippen molar-refractivity contribution in [1.82, 2.24) is 0 Å². The summed E-state index contributed by atoms with van der Waals surface area (Å²) in [5, 5.41) is 13.0. The zero-order valence-electron chi connectivity index (χ0n) is 31.8. The first-order valence-corrected chi connectivity index (χ1v) is 19.5. The van der Waals surface area contributed by atoms with Crippen LogP contribution in [0.5, 0.6) is 17.2 Å². The lowest BCUT2D eigenvalue weighted by molar-refractivity contribution is -0.131. The zero-order valence-corrected chi connectivity index (χ0v) is 32.6. The van der Waals surface area contributed by atoms with Gasteiger partial charge in [-0.1, -0.05) is 77.9 Å². The second-order valence-corrected chi connectivity index (χ2v) is 15.9. The van der Waals surface area contributed by atoms with Crippen LogP contribution in [0.3, 0.4) is 0 Å². The Morgan fingerprint density at radius 2 is 1.57 bits per heavy atom. The van der Waals surface area contributed by atoms with Crippen molar-refractivity contribution >= 4 is 69.5 Å². The summed E-state index contributed by atoms with van der Waals surface area (Å²) >= 11 is 6.16. The van der Waals surface area contributed by atoms with E-state index in [1.54, 1.807) is 45.4 Å². The molecule has 9 nitrogen and oxygen atoms in total. The number of rotatable bonds is 7. The van der Waals surface area contributed by atoms with Gasteiger partial charge in [0.1, 0.15) is 23.1 Å². The molecule has 0 radical (unpaired) electrons. The van der Waals surface area contributed by atoms with E-state index >= 15 is 0 Å². The summed E-state index contributed by atoms with van der Waals surface area (Å²) < 4.78 is 25.2. The van der Waals surface area contributed by atoms with Gasteiger partial charge in [-0.2, -0.15) is 0 Å². The molecule has 2 heterocycles. The molecule has 292 valence electrons. The number of methoxy groups -OCH3 is 2. The summed E-state index contributed by atoms with van der Waals surface area (Å²) in [6.07, 6.45) is 6.10. The number of amides is 4. The maximum atomic E-state index is 14.9. The van der Waals surface area contributed by atoms with Crippen molar-refractivity contribution in [1.29, 1.82) is 0 Å². The van der Waals surface area contributed by atoms with Crippen LogP contribution in [0.2, 0.25) is 5.02 Å². The summed E-state index contributed by atoms with van der Waals surface area (Å²) in [5.41, 5.74) is 2.00. The molecule has 5 aromatic rings. The van der Waals surface area contributed by atoms with Gasteiger partial charge in [0.2, 0.25) is 23.6 Å². The van der Waals surface area contributed by atoms with Crippen LogP contribution in [-0.4, -0.2) is 43.0 Å². The second kappa shape index (κ2) is 14.0. The van der Waals surface area contributed by atoms with E-state index < -0.39 is 52.6 Å². The van der Waals surface area contributed by atoms with E-state index in [2.05, 4.69) is 0 Å². The molecule has 3 fully saturated rings. The Hall–Kier alpha value is -6.26. The third-order valence-electron chi connectivity index (χ3n) is 12.7. The SMILES string of the molecule is COc1ccc(OC)c(C=Cc2ccc(N3C(=O)[C@H]4[C@H](CC=C5[C@H]4C[C@H]4C(=O)N(c6ccc(F)c(Cl)c6)C(=O)[C@@]4(C)[C@H]5c4c(O)ccc5ccccc45)C3=O)cc2)c1. The van der Waals surface area contributed by atoms with Crippen LogP contribution in [0.4, 0.5) is 15.8 Å². The lowest BCUT2D eigenvalue weighted by Crippen LogP contribution is -2.49. The molecule has 4 aliphatic rings. The number of phenols is 1. The standard InChI is InChI=1S/C47H38ClFN2O7/c1-47-35(44(54)51(46(47)56)29-15-19-37(49)36(48)23-29)24-34-32(42(47)41-31-7-5-4-6-26(31)12-20-38(41)52)17-18-33-40(34)45(55)50(43(33)53)28-13-9-25(10-14-28)8-11-27-22-30(57-2)16-21-39(27)58-3/h4-17,19-23,33-35,40,42,52H,18,24H2,1-3H3/t33-,34+,35-,40-,42+,47+/m0/s1. The fourth-order valence-electron chi connectivity index (χ4n) is 9.93. The van der Waals surface area contributed by atoms with Crippen LogP contribution in [0.1, 0.15) is 42.4 Å². The van der Waals surface area contributed by atoms with Crippen molar-refractivity contribution in [3.05, 3.63) is 136 Å². The van der Waals surface area contributed by atoms with Gasteiger partial charge in [-0.3, -0.25) is 24.1 Å². The van der Waals surface area contributed by atoms with Crippen molar-refractivity contribution in [2.24, 2.45) is 29.1 Å². The number of imide groups is 2. The topological polar surface area (TPSA) is 113 Å². The van der Waals surface area contributed by atoms with Crippen LogP contribution >= 0.6 is 11.6 Å². The predicted octanol–water partition coefficient (Wildman–Crippen LogP) is 8.96. The number of carbonyl (C=O) groups is 4. The minimum atomic E-state index is -1.42. The first-order valence-electron chi connectivity index (χ1n) is 19.1. The van der Waals surface area contributed by atoms with Gasteiger partial charge in [-0.25, -0.2) is 9.29 Å². The molecule has 2 aliphatic carbocycles. The number of hydrogen-bond acceptors (Lipinski definition) is 7. The summed E-state index contributed by atoms with van der Waals surface area (Å²) in [4.78, 5) is 60.8. The summed E-state index contributed by atoms with van der Waals surface area (Å²) in [6, 6.07) is 27.2. The lowest BCUT2D eigenvalue weighted by atomic mass is 9.51. The molecular weight excluding hydrogens is 759 g/mol. The van der Waals surface area contributed by atoms with Crippen LogP contribution in [0.15, 0.2) is 109 Å². The molecule has 0 bridgehead atoms. The number of allylic oxidation sites excluding steroid dienone is 2. The van der Waals surface area contributed by atoms with Crippen molar-refractivity contribution in [2.45, 2.75) is 25.7 Å². The van der Waals surface area contributed by atoms with Gasteiger partial charge >= 0.3 is 0 Å². The molecule has 1 saturated carbocycles. The van der Waals surface area contributed by atoms with E-state index in [-0.39, 0.29) is 41.1 Å². The first kappa shape index (κ1) is 37.3. The minimum absolute atomic E-state index is 0.0506. The smallest absolute Gasteiger partial charge is 0.241 e. The number of fused-ring (bicyclic) bond motifs is 5. The fraction of sp³-hybridized carbons (Fsp3) is 0.234. The van der Waals surface area contributed by atoms with Gasteiger partial charge in [0.15, 0.2) is 0 Å². The Morgan fingerprint density at radius 3 is 2.31 bits per heavy atom. The average molecular weight is 797 g/mol. The van der Waals surface area contributed by atoms with Crippen molar-refractivity contribution < 1.29 is 38.1 Å². The average Bonchev–Trinajstić information content (AvgIpc) is 3.60. The number of benzene rings is 5. The zero-order chi connectivity index (χ0) is 40.6. The predicted molar refractivity (Wildman–Crippen MR) is 219 cm³/mol. The van der Waals surface area contributed by atoms with E-state index in [4.69, 9.17) is 21.1 Å². The number of nitrogens with zero attached hydrogens (tertiary/aromatic N) is 2. The Labute approximate surface area is 338 Å². The van der Waals surface area contributed by atoms with Crippen molar-refractivity contribution in [2.75, 3.05) is 24.0 Å². The Balaban J connectivity index is 1.10. The van der Waals surface area contributed by atoms with Gasteiger partial charge in [-0.15, -0.1) is 0 Å². The monoisotopic (exact) mass is 796 g/mol. The van der Waals surface area contributed by atoms with Gasteiger partial charge in [0.25, 0.3) is 0 Å². The lowest BCUT2D eigenvalue weighted by Gasteiger charge is -2.49. The van der Waals surface area contributed by atoms with E-state index in [1.807, 2.05) is 72.8 Å². The normalized spacial score (nSPS) is 25.3. The molecule has 0 unspecified atom stereocenters. The maximum Gasteiger partial charge on any atom is 0.241 e. The first-order chi connectivity index (χ1) is 28.0. The maximum absolute atomic E-state index is 14.9. The highest BCUT2D eigenvalue weighted by Gasteiger charge is 2.68. The minimum Gasteiger partial charge on any atom is -0.508 e. The van der Waals surface area contributed by atoms with Gasteiger partial charge in [0, 0.05) is 17.0 Å². The van der Waals surface area contributed by atoms with Gasteiger partial charge in [-0.05, 0) is 96.6 Å². The third-order valence-corrected chi connectivity index (χ3v) is 13.0. The van der Waals surface area contributed by atoms with Crippen LogP contribution < -0.4 is 19.3 Å². The molecule has 0 spiro atoms. The highest BCUT2D eigenvalue weighted by Crippen LogP contribution is 2.65. The molecule has 58 heavy (non-hydrogen) atoms. The van der Waals surface area contributed by atoms with Crippen LogP contribution in [-0.2, 0) is 19.2 Å². The highest BCUT2D eigenvalue weighted by atomic mass is 35.5. The number of hydrogen-bond donors (Lipinski definition) is 1. The molecule has 9 rings (SSSR count). The molecule has 6 atom stereocenters. The Bertz CT molecular complexity index is 2640. The molecular formula is C47H38ClFN2O7. The highest BCUT2D eigenvalue weighted by molar-refractivity contribution is 6.32. The van der Waals surface area contributed by atoms with Crippen molar-refractivity contribution in [3.8, 4) is 17.2 Å².